The van der Waals surface area contributed by atoms with Crippen molar-refractivity contribution in [2.75, 3.05) is 18.2 Å². The van der Waals surface area contributed by atoms with Crippen LogP contribution in [0.4, 0.5) is 5.69 Å². The van der Waals surface area contributed by atoms with Crippen LogP contribution >= 0.6 is 34.8 Å². The maximum atomic E-state index is 6.32. The molecule has 2 aromatic rings. The highest BCUT2D eigenvalue weighted by atomic mass is 35.5. The number of hydrogen-bond donors (Lipinski definition) is 1. The smallest absolute Gasteiger partial charge is 0.156 e. The zero-order valence-corrected chi connectivity index (χ0v) is 14.8. The van der Waals surface area contributed by atoms with Crippen molar-refractivity contribution < 1.29 is 4.74 Å². The van der Waals surface area contributed by atoms with Crippen molar-refractivity contribution in [3.05, 3.63) is 57.6 Å². The minimum absolute atomic E-state index is 0.258. The third kappa shape index (κ3) is 3.62. The average molecular weight is 359 g/mol. The van der Waals surface area contributed by atoms with E-state index < -0.39 is 0 Å². The Kier molecular flexibility index (Phi) is 5.49. The molecule has 2 rings (SSSR count). The summed E-state index contributed by atoms with van der Waals surface area (Å²) in [6, 6.07) is 11.6. The molecule has 0 fully saturated rings. The molecule has 0 aliphatic carbocycles. The Morgan fingerprint density at radius 1 is 1.00 bits per heavy atom. The van der Waals surface area contributed by atoms with Crippen LogP contribution in [0.15, 0.2) is 36.4 Å². The second-order valence-electron chi connectivity index (χ2n) is 5.55. The molecule has 0 aliphatic rings. The average Bonchev–Trinajstić information content (AvgIpc) is 2.46. The maximum absolute atomic E-state index is 6.32. The first kappa shape index (κ1) is 17.3. The lowest BCUT2D eigenvalue weighted by Gasteiger charge is -2.27. The van der Waals surface area contributed by atoms with Crippen molar-refractivity contribution in [1.29, 1.82) is 0 Å². The molecule has 0 bridgehead atoms. The molecule has 5 heteroatoms. The van der Waals surface area contributed by atoms with Gasteiger partial charge in [0.15, 0.2) is 5.75 Å². The quantitative estimate of drug-likeness (QED) is 0.564. The topological polar surface area (TPSA) is 35.2 Å². The van der Waals surface area contributed by atoms with Crippen LogP contribution in [0.25, 0.3) is 0 Å². The zero-order chi connectivity index (χ0) is 16.3. The van der Waals surface area contributed by atoms with Crippen LogP contribution in [0.2, 0.25) is 10.0 Å². The van der Waals surface area contributed by atoms with E-state index >= 15 is 0 Å². The van der Waals surface area contributed by atoms with Crippen LogP contribution in [-0.4, -0.2) is 12.5 Å². The van der Waals surface area contributed by atoms with Gasteiger partial charge in [0.25, 0.3) is 0 Å². The third-order valence-electron chi connectivity index (χ3n) is 3.68. The Bertz CT molecular complexity index is 630. The van der Waals surface area contributed by atoms with Crippen molar-refractivity contribution in [3.8, 4) is 5.75 Å². The molecule has 22 heavy (non-hydrogen) atoms. The molecule has 2 nitrogen and oxygen atoms in total. The highest BCUT2D eigenvalue weighted by molar-refractivity contribution is 6.37. The van der Waals surface area contributed by atoms with Crippen LogP contribution in [0.3, 0.4) is 0 Å². The number of alkyl halides is 1. The standard InChI is InChI=1S/C17H18Cl3NO/c1-17(2,11-3-5-13(21)6-4-11)12-9-14(19)16(15(20)10-12)22-8-7-18/h3-6,9-10H,7-8,21H2,1-2H3. The predicted octanol–water partition coefficient (Wildman–Crippen LogP) is 5.52. The minimum Gasteiger partial charge on any atom is -0.489 e. The Labute approximate surface area is 146 Å². The Hall–Kier alpha value is -1.09. The molecule has 0 aromatic heterocycles. The largest absolute Gasteiger partial charge is 0.489 e. The summed E-state index contributed by atoms with van der Waals surface area (Å²) < 4.78 is 5.49. The number of rotatable bonds is 5. The van der Waals surface area contributed by atoms with Gasteiger partial charge in [-0.3, -0.25) is 0 Å². The van der Waals surface area contributed by atoms with E-state index in [9.17, 15) is 0 Å². The zero-order valence-electron chi connectivity index (χ0n) is 12.5. The number of ether oxygens (including phenoxy) is 1. The lowest BCUT2D eigenvalue weighted by Crippen LogP contribution is -2.19. The second kappa shape index (κ2) is 6.99. The van der Waals surface area contributed by atoms with Gasteiger partial charge in [0, 0.05) is 11.1 Å². The Balaban J connectivity index is 2.41. The van der Waals surface area contributed by atoms with E-state index in [0.29, 0.717) is 28.3 Å². The van der Waals surface area contributed by atoms with Crippen LogP contribution in [0, 0.1) is 0 Å². The fourth-order valence-electron chi connectivity index (χ4n) is 2.27. The number of nitrogen functional groups attached to an aromatic ring is 1. The minimum atomic E-state index is -0.258. The van der Waals surface area contributed by atoms with Gasteiger partial charge in [-0.15, -0.1) is 11.6 Å². The van der Waals surface area contributed by atoms with E-state index in [0.717, 1.165) is 16.8 Å². The van der Waals surface area contributed by atoms with Crippen LogP contribution < -0.4 is 10.5 Å². The molecule has 118 valence electrons. The van der Waals surface area contributed by atoms with Crippen molar-refractivity contribution in [2.45, 2.75) is 19.3 Å². The van der Waals surface area contributed by atoms with E-state index in [1.54, 1.807) is 0 Å². The van der Waals surface area contributed by atoms with Crippen LogP contribution in [-0.2, 0) is 5.41 Å². The number of nitrogens with two attached hydrogens (primary N) is 1. The normalized spacial score (nSPS) is 11.5. The molecular formula is C17H18Cl3NO. The highest BCUT2D eigenvalue weighted by Gasteiger charge is 2.25. The lowest BCUT2D eigenvalue weighted by molar-refractivity contribution is 0.343. The van der Waals surface area contributed by atoms with Crippen molar-refractivity contribution in [1.82, 2.24) is 0 Å². The van der Waals surface area contributed by atoms with E-state index in [1.807, 2.05) is 36.4 Å². The summed E-state index contributed by atoms with van der Waals surface area (Å²) in [7, 11) is 0. The van der Waals surface area contributed by atoms with Gasteiger partial charge >= 0.3 is 0 Å². The summed E-state index contributed by atoms with van der Waals surface area (Å²) in [5.74, 6) is 0.853. The Morgan fingerprint density at radius 2 is 1.55 bits per heavy atom. The maximum Gasteiger partial charge on any atom is 0.156 e. The summed E-state index contributed by atoms with van der Waals surface area (Å²) in [5.41, 5.74) is 8.37. The summed E-state index contributed by atoms with van der Waals surface area (Å²) in [6.07, 6.45) is 0. The molecule has 0 radical (unpaired) electrons. The van der Waals surface area contributed by atoms with Gasteiger partial charge in [0.05, 0.1) is 15.9 Å². The fraction of sp³-hybridized carbons (Fsp3) is 0.294. The number of anilines is 1. The van der Waals surface area contributed by atoms with Crippen LogP contribution in [0.5, 0.6) is 5.75 Å². The molecule has 2 N–H and O–H groups in total. The number of benzene rings is 2. The summed E-state index contributed by atoms with van der Waals surface area (Å²) in [5, 5.41) is 0.965. The van der Waals surface area contributed by atoms with E-state index in [4.69, 9.17) is 45.3 Å². The van der Waals surface area contributed by atoms with Gasteiger partial charge < -0.3 is 10.5 Å². The SMILES string of the molecule is CC(C)(c1ccc(N)cc1)c1cc(Cl)c(OCCCl)c(Cl)c1. The van der Waals surface area contributed by atoms with Gasteiger partial charge in [-0.25, -0.2) is 0 Å². The van der Waals surface area contributed by atoms with Gasteiger partial charge in [-0.2, -0.15) is 0 Å². The van der Waals surface area contributed by atoms with Crippen molar-refractivity contribution in [2.24, 2.45) is 0 Å². The molecule has 2 aromatic carbocycles. The van der Waals surface area contributed by atoms with Crippen molar-refractivity contribution in [3.63, 3.8) is 0 Å². The van der Waals surface area contributed by atoms with E-state index in [2.05, 4.69) is 13.8 Å². The molecule has 0 amide bonds. The molecule has 0 atom stereocenters. The lowest BCUT2D eigenvalue weighted by atomic mass is 9.78. The van der Waals surface area contributed by atoms with Gasteiger partial charge in [-0.05, 0) is 35.4 Å². The first-order chi connectivity index (χ1) is 10.4. The van der Waals surface area contributed by atoms with Gasteiger partial charge in [0.1, 0.15) is 6.61 Å². The third-order valence-corrected chi connectivity index (χ3v) is 4.39. The van der Waals surface area contributed by atoms with Crippen LogP contribution in [0.1, 0.15) is 25.0 Å². The summed E-state index contributed by atoms with van der Waals surface area (Å²) in [6.45, 7) is 4.58. The molecule has 0 spiro atoms. The Morgan fingerprint density at radius 3 is 2.05 bits per heavy atom. The molecule has 0 aliphatic heterocycles. The fourth-order valence-corrected chi connectivity index (χ4v) is 2.94. The molecule has 0 saturated carbocycles. The second-order valence-corrected chi connectivity index (χ2v) is 6.75. The molecule has 0 saturated heterocycles. The van der Waals surface area contributed by atoms with Gasteiger partial charge in [-0.1, -0.05) is 49.2 Å². The monoisotopic (exact) mass is 357 g/mol. The first-order valence-corrected chi connectivity index (χ1v) is 8.19. The van der Waals surface area contributed by atoms with E-state index in [1.165, 1.54) is 0 Å². The number of hydrogen-bond acceptors (Lipinski definition) is 2. The van der Waals surface area contributed by atoms with Gasteiger partial charge in [0.2, 0.25) is 0 Å². The van der Waals surface area contributed by atoms with E-state index in [-0.39, 0.29) is 5.41 Å². The highest BCUT2D eigenvalue weighted by Crippen LogP contribution is 2.40. The molecule has 0 heterocycles. The van der Waals surface area contributed by atoms with Crippen molar-refractivity contribution >= 4 is 40.5 Å². The summed E-state index contributed by atoms with van der Waals surface area (Å²) >= 11 is 18.3. The molecule has 0 unspecified atom stereocenters. The summed E-state index contributed by atoms with van der Waals surface area (Å²) in [4.78, 5) is 0. The first-order valence-electron chi connectivity index (χ1n) is 6.90. The molecular weight excluding hydrogens is 341 g/mol. The predicted molar refractivity (Wildman–Crippen MR) is 95.7 cm³/mol. The number of halogens is 3.